The lowest BCUT2D eigenvalue weighted by atomic mass is 10.1. The van der Waals surface area contributed by atoms with E-state index >= 15 is 0 Å². The van der Waals surface area contributed by atoms with E-state index in [1.54, 1.807) is 12.1 Å². The van der Waals surface area contributed by atoms with Crippen LogP contribution in [0.2, 0.25) is 0 Å². The van der Waals surface area contributed by atoms with Crippen LogP contribution >= 0.6 is 0 Å². The summed E-state index contributed by atoms with van der Waals surface area (Å²) in [6, 6.07) is 10.6. The molecule has 0 spiro atoms. The van der Waals surface area contributed by atoms with Crippen molar-refractivity contribution >= 4 is 17.5 Å². The van der Waals surface area contributed by atoms with Crippen LogP contribution in [0, 0.1) is 17.5 Å². The maximum Gasteiger partial charge on any atom is 0.255 e. The molecule has 27 heavy (non-hydrogen) atoms. The summed E-state index contributed by atoms with van der Waals surface area (Å²) in [6.45, 7) is 0.169. The number of furan rings is 1. The van der Waals surface area contributed by atoms with Crippen molar-refractivity contribution in [1.82, 2.24) is 5.32 Å². The fourth-order valence-corrected chi connectivity index (χ4v) is 2.30. The van der Waals surface area contributed by atoms with E-state index in [0.717, 1.165) is 6.07 Å². The number of hydrogen-bond acceptors (Lipinski definition) is 3. The zero-order valence-corrected chi connectivity index (χ0v) is 13.8. The third-order valence-electron chi connectivity index (χ3n) is 3.67. The van der Waals surface area contributed by atoms with Crippen LogP contribution in [0.4, 0.5) is 18.9 Å². The lowest BCUT2D eigenvalue weighted by Gasteiger charge is -2.09. The zero-order valence-electron chi connectivity index (χ0n) is 13.8. The average Bonchev–Trinajstić information content (AvgIpc) is 3.20. The molecule has 0 unspecified atom stereocenters. The van der Waals surface area contributed by atoms with Crippen molar-refractivity contribution in [3.05, 3.63) is 89.1 Å². The van der Waals surface area contributed by atoms with E-state index in [2.05, 4.69) is 10.6 Å². The molecule has 0 atom stereocenters. The first-order chi connectivity index (χ1) is 13.0. The molecule has 0 fully saturated rings. The van der Waals surface area contributed by atoms with Crippen molar-refractivity contribution < 1.29 is 27.2 Å². The van der Waals surface area contributed by atoms with Crippen molar-refractivity contribution in [2.24, 2.45) is 0 Å². The first-order valence-electron chi connectivity index (χ1n) is 7.81. The standard InChI is InChI=1S/C19H13F3N2O3/c20-14-6-7-15(17(22)16(14)21)24-19(26)12-4-1-3-11(9-12)18(25)23-10-13-5-2-8-27-13/h1-9H,10H2,(H,23,25)(H,24,26). The quantitative estimate of drug-likeness (QED) is 0.666. The summed E-state index contributed by atoms with van der Waals surface area (Å²) in [7, 11) is 0. The van der Waals surface area contributed by atoms with E-state index in [4.69, 9.17) is 4.42 Å². The van der Waals surface area contributed by atoms with Crippen LogP contribution in [0.3, 0.4) is 0 Å². The zero-order chi connectivity index (χ0) is 19.4. The Morgan fingerprint density at radius 2 is 1.63 bits per heavy atom. The van der Waals surface area contributed by atoms with E-state index < -0.39 is 35.0 Å². The Bertz CT molecular complexity index is 988. The summed E-state index contributed by atoms with van der Waals surface area (Å²) in [5.74, 6) is -5.21. The van der Waals surface area contributed by atoms with E-state index in [1.165, 1.54) is 30.5 Å². The van der Waals surface area contributed by atoms with Gasteiger partial charge >= 0.3 is 0 Å². The monoisotopic (exact) mass is 374 g/mol. The fraction of sp³-hybridized carbons (Fsp3) is 0.0526. The van der Waals surface area contributed by atoms with Crippen molar-refractivity contribution in [3.8, 4) is 0 Å². The second-order valence-corrected chi connectivity index (χ2v) is 5.52. The van der Waals surface area contributed by atoms with Gasteiger partial charge in [0.05, 0.1) is 18.5 Å². The molecule has 2 aromatic carbocycles. The Kier molecular flexibility index (Phi) is 5.25. The maximum atomic E-state index is 13.7. The molecule has 0 aliphatic carbocycles. The second kappa shape index (κ2) is 7.77. The third kappa shape index (κ3) is 4.17. The molecule has 8 heteroatoms. The van der Waals surface area contributed by atoms with Gasteiger partial charge in [-0.1, -0.05) is 6.07 Å². The minimum Gasteiger partial charge on any atom is -0.467 e. The Labute approximate surface area is 151 Å². The molecule has 138 valence electrons. The number of halogens is 3. The van der Waals surface area contributed by atoms with Gasteiger partial charge in [0, 0.05) is 11.1 Å². The lowest BCUT2D eigenvalue weighted by Crippen LogP contribution is -2.23. The van der Waals surface area contributed by atoms with Crippen LogP contribution in [0.15, 0.2) is 59.2 Å². The highest BCUT2D eigenvalue weighted by molar-refractivity contribution is 6.06. The Morgan fingerprint density at radius 1 is 0.889 bits per heavy atom. The van der Waals surface area contributed by atoms with Gasteiger partial charge in [-0.05, 0) is 42.5 Å². The average molecular weight is 374 g/mol. The Morgan fingerprint density at radius 3 is 2.33 bits per heavy atom. The summed E-state index contributed by atoms with van der Waals surface area (Å²) < 4.78 is 45.0. The number of nitrogens with one attached hydrogen (secondary N) is 2. The largest absolute Gasteiger partial charge is 0.467 e. The molecule has 0 bridgehead atoms. The lowest BCUT2D eigenvalue weighted by molar-refractivity contribution is 0.0948. The van der Waals surface area contributed by atoms with Crippen molar-refractivity contribution in [1.29, 1.82) is 0 Å². The molecular weight excluding hydrogens is 361 g/mol. The minimum absolute atomic E-state index is 0.0461. The first-order valence-corrected chi connectivity index (χ1v) is 7.81. The number of anilines is 1. The number of amides is 2. The highest BCUT2D eigenvalue weighted by atomic mass is 19.2. The maximum absolute atomic E-state index is 13.7. The van der Waals surface area contributed by atoms with Crippen molar-refractivity contribution in [2.75, 3.05) is 5.32 Å². The predicted octanol–water partition coefficient (Wildman–Crippen LogP) is 3.88. The Balaban J connectivity index is 1.72. The van der Waals surface area contributed by atoms with Gasteiger partial charge in [0.25, 0.3) is 11.8 Å². The molecule has 5 nitrogen and oxygen atoms in total. The summed E-state index contributed by atoms with van der Waals surface area (Å²) in [4.78, 5) is 24.4. The number of benzene rings is 2. The summed E-state index contributed by atoms with van der Waals surface area (Å²) in [5, 5.41) is 4.77. The molecule has 3 rings (SSSR count). The molecule has 1 aromatic heterocycles. The molecule has 0 saturated heterocycles. The number of hydrogen-bond donors (Lipinski definition) is 2. The molecule has 0 aliphatic heterocycles. The van der Waals surface area contributed by atoms with Crippen LogP contribution in [-0.2, 0) is 6.54 Å². The molecule has 2 N–H and O–H groups in total. The van der Waals surface area contributed by atoms with E-state index in [9.17, 15) is 22.8 Å². The first kappa shape index (κ1) is 18.2. The number of carbonyl (C=O) groups excluding carboxylic acids is 2. The highest BCUT2D eigenvalue weighted by Crippen LogP contribution is 2.20. The molecule has 0 radical (unpaired) electrons. The van der Waals surface area contributed by atoms with E-state index in [-0.39, 0.29) is 17.7 Å². The molecule has 2 amide bonds. The van der Waals surface area contributed by atoms with Crippen molar-refractivity contribution in [3.63, 3.8) is 0 Å². The molecule has 0 aliphatic rings. The van der Waals surface area contributed by atoms with E-state index in [1.807, 2.05) is 0 Å². The van der Waals surface area contributed by atoms with Gasteiger partial charge in [0.15, 0.2) is 17.5 Å². The van der Waals surface area contributed by atoms with Crippen molar-refractivity contribution in [2.45, 2.75) is 6.54 Å². The molecule has 0 saturated carbocycles. The number of rotatable bonds is 5. The topological polar surface area (TPSA) is 71.3 Å². The molecular formula is C19H13F3N2O3. The minimum atomic E-state index is -1.68. The van der Waals surface area contributed by atoms with Crippen LogP contribution in [0.5, 0.6) is 0 Å². The van der Waals surface area contributed by atoms with Crippen LogP contribution in [-0.4, -0.2) is 11.8 Å². The van der Waals surface area contributed by atoms with E-state index in [0.29, 0.717) is 11.8 Å². The van der Waals surface area contributed by atoms with Gasteiger partial charge in [-0.3, -0.25) is 9.59 Å². The van der Waals surface area contributed by atoms with Crippen LogP contribution in [0.1, 0.15) is 26.5 Å². The Hall–Kier alpha value is -3.55. The van der Waals surface area contributed by atoms with Gasteiger partial charge in [0.1, 0.15) is 5.76 Å². The fourth-order valence-electron chi connectivity index (χ4n) is 2.30. The van der Waals surface area contributed by atoms with Gasteiger partial charge in [0.2, 0.25) is 0 Å². The molecule has 1 heterocycles. The smallest absolute Gasteiger partial charge is 0.255 e. The number of carbonyl (C=O) groups is 2. The van der Waals surface area contributed by atoms with Gasteiger partial charge in [-0.25, -0.2) is 13.2 Å². The second-order valence-electron chi connectivity index (χ2n) is 5.52. The molecule has 3 aromatic rings. The highest BCUT2D eigenvalue weighted by Gasteiger charge is 2.17. The van der Waals surface area contributed by atoms with Gasteiger partial charge in [-0.2, -0.15) is 0 Å². The van der Waals surface area contributed by atoms with Crippen LogP contribution in [0.25, 0.3) is 0 Å². The predicted molar refractivity (Wildman–Crippen MR) is 90.6 cm³/mol. The third-order valence-corrected chi connectivity index (χ3v) is 3.67. The summed E-state index contributed by atoms with van der Waals surface area (Å²) >= 11 is 0. The summed E-state index contributed by atoms with van der Waals surface area (Å²) in [6.07, 6.45) is 1.48. The summed E-state index contributed by atoms with van der Waals surface area (Å²) in [5.41, 5.74) is -0.267. The van der Waals surface area contributed by atoms with Gasteiger partial charge < -0.3 is 15.1 Å². The normalized spacial score (nSPS) is 10.5. The van der Waals surface area contributed by atoms with Gasteiger partial charge in [-0.15, -0.1) is 0 Å². The SMILES string of the molecule is O=C(NCc1ccco1)c1cccc(C(=O)Nc2ccc(F)c(F)c2F)c1. The van der Waals surface area contributed by atoms with Crippen LogP contribution < -0.4 is 10.6 Å².